The SMILES string of the molecule is CC1(C)OB(C(=Cc2ncccn2)CS)OC1(C)C. The maximum Gasteiger partial charge on any atom is 0.491 e. The minimum absolute atomic E-state index is 0.350. The van der Waals surface area contributed by atoms with E-state index in [1.54, 1.807) is 18.5 Å². The lowest BCUT2D eigenvalue weighted by Gasteiger charge is -2.32. The number of hydrogen-bond acceptors (Lipinski definition) is 5. The molecular weight excluding hydrogens is 259 g/mol. The Kier molecular flexibility index (Phi) is 4.04. The Hall–Kier alpha value is -0.845. The van der Waals surface area contributed by atoms with Crippen LogP contribution in [0.4, 0.5) is 0 Å². The van der Waals surface area contributed by atoms with E-state index < -0.39 is 7.12 Å². The smallest absolute Gasteiger partial charge is 0.400 e. The fourth-order valence-electron chi connectivity index (χ4n) is 1.73. The van der Waals surface area contributed by atoms with Gasteiger partial charge in [-0.3, -0.25) is 0 Å². The molecular formula is C13H19BN2O2S. The molecule has 0 bridgehead atoms. The minimum Gasteiger partial charge on any atom is -0.400 e. The first kappa shape index (κ1) is 14.6. The van der Waals surface area contributed by atoms with Gasteiger partial charge in [0, 0.05) is 18.1 Å². The second-order valence-electron chi connectivity index (χ2n) is 5.57. The molecule has 1 aliphatic heterocycles. The highest BCUT2D eigenvalue weighted by Crippen LogP contribution is 2.38. The summed E-state index contributed by atoms with van der Waals surface area (Å²) in [6, 6.07) is 1.78. The van der Waals surface area contributed by atoms with E-state index in [0.29, 0.717) is 11.6 Å². The van der Waals surface area contributed by atoms with Gasteiger partial charge in [-0.15, -0.1) is 0 Å². The molecule has 2 heterocycles. The summed E-state index contributed by atoms with van der Waals surface area (Å²) in [5.74, 6) is 1.18. The molecule has 0 saturated carbocycles. The van der Waals surface area contributed by atoms with Crippen molar-refractivity contribution in [2.75, 3.05) is 5.75 Å². The Bertz CT molecular complexity index is 461. The predicted octanol–water partition coefficient (Wildman–Crippen LogP) is 2.42. The largest absolute Gasteiger partial charge is 0.491 e. The van der Waals surface area contributed by atoms with Crippen molar-refractivity contribution in [1.29, 1.82) is 0 Å². The van der Waals surface area contributed by atoms with Crippen LogP contribution >= 0.6 is 12.6 Å². The molecule has 1 aromatic heterocycles. The van der Waals surface area contributed by atoms with Crippen molar-refractivity contribution in [3.8, 4) is 0 Å². The van der Waals surface area contributed by atoms with Gasteiger partial charge in [0.2, 0.25) is 0 Å². The number of aromatic nitrogens is 2. The van der Waals surface area contributed by atoms with Gasteiger partial charge < -0.3 is 9.31 Å². The summed E-state index contributed by atoms with van der Waals surface area (Å²) in [6.07, 6.45) is 5.29. The van der Waals surface area contributed by atoms with Gasteiger partial charge in [-0.25, -0.2) is 9.97 Å². The fourth-order valence-corrected chi connectivity index (χ4v) is 1.97. The van der Waals surface area contributed by atoms with Gasteiger partial charge >= 0.3 is 7.12 Å². The first-order chi connectivity index (χ1) is 8.86. The summed E-state index contributed by atoms with van der Waals surface area (Å²) in [5, 5.41) is 0. The standard InChI is InChI=1S/C13H19BN2O2S/c1-12(2)13(3,4)18-14(17-12)10(9-19)8-11-15-6-5-7-16-11/h5-8,19H,9H2,1-4H3. The second kappa shape index (κ2) is 5.27. The third-order valence-electron chi connectivity index (χ3n) is 3.64. The molecule has 0 N–H and O–H groups in total. The van der Waals surface area contributed by atoms with Crippen molar-refractivity contribution in [2.45, 2.75) is 38.9 Å². The zero-order valence-corrected chi connectivity index (χ0v) is 12.6. The zero-order chi connectivity index (χ0) is 14.1. The molecule has 1 aliphatic rings. The molecule has 0 amide bonds. The van der Waals surface area contributed by atoms with Crippen molar-refractivity contribution >= 4 is 25.8 Å². The molecule has 0 aromatic carbocycles. The van der Waals surface area contributed by atoms with Crippen LogP contribution in [-0.4, -0.2) is 34.0 Å². The molecule has 4 nitrogen and oxygen atoms in total. The van der Waals surface area contributed by atoms with Gasteiger partial charge in [0.25, 0.3) is 0 Å². The van der Waals surface area contributed by atoms with Crippen LogP contribution in [0.15, 0.2) is 23.9 Å². The molecule has 102 valence electrons. The second-order valence-corrected chi connectivity index (χ2v) is 5.89. The van der Waals surface area contributed by atoms with Gasteiger partial charge in [0.15, 0.2) is 5.82 Å². The molecule has 0 atom stereocenters. The summed E-state index contributed by atoms with van der Waals surface area (Å²) in [5.41, 5.74) is 0.224. The molecule has 2 rings (SSSR count). The molecule has 6 heteroatoms. The molecule has 1 fully saturated rings. The van der Waals surface area contributed by atoms with Gasteiger partial charge in [-0.1, -0.05) is 0 Å². The Labute approximate surface area is 120 Å². The average Bonchev–Trinajstić information content (AvgIpc) is 2.56. The third-order valence-corrected chi connectivity index (χ3v) is 4.00. The number of hydrogen-bond donors (Lipinski definition) is 1. The topological polar surface area (TPSA) is 44.2 Å². The maximum atomic E-state index is 5.99. The lowest BCUT2D eigenvalue weighted by molar-refractivity contribution is 0.00578. The van der Waals surface area contributed by atoms with Crippen LogP contribution in [0.2, 0.25) is 0 Å². The van der Waals surface area contributed by atoms with E-state index in [0.717, 1.165) is 5.47 Å². The summed E-state index contributed by atoms with van der Waals surface area (Å²) in [4.78, 5) is 8.36. The van der Waals surface area contributed by atoms with Crippen LogP contribution in [0, 0.1) is 0 Å². The molecule has 0 radical (unpaired) electrons. The Balaban J connectivity index is 2.23. The first-order valence-corrected chi connectivity index (χ1v) is 6.93. The zero-order valence-electron chi connectivity index (χ0n) is 11.8. The van der Waals surface area contributed by atoms with E-state index in [4.69, 9.17) is 9.31 Å². The van der Waals surface area contributed by atoms with E-state index in [1.165, 1.54) is 0 Å². The maximum absolute atomic E-state index is 5.99. The lowest BCUT2D eigenvalue weighted by atomic mass is 9.79. The van der Waals surface area contributed by atoms with Crippen molar-refractivity contribution in [2.24, 2.45) is 0 Å². The van der Waals surface area contributed by atoms with Crippen LogP contribution in [0.25, 0.3) is 6.08 Å². The lowest BCUT2D eigenvalue weighted by Crippen LogP contribution is -2.41. The fraction of sp³-hybridized carbons (Fsp3) is 0.538. The van der Waals surface area contributed by atoms with E-state index in [9.17, 15) is 0 Å². The predicted molar refractivity (Wildman–Crippen MR) is 79.9 cm³/mol. The summed E-state index contributed by atoms with van der Waals surface area (Å²) in [7, 11) is -0.397. The Morgan fingerprint density at radius 3 is 2.21 bits per heavy atom. The third kappa shape index (κ3) is 3.01. The van der Waals surface area contributed by atoms with Gasteiger partial charge in [0.1, 0.15) is 0 Å². The highest BCUT2D eigenvalue weighted by Gasteiger charge is 2.52. The molecule has 19 heavy (non-hydrogen) atoms. The van der Waals surface area contributed by atoms with Crippen molar-refractivity contribution in [3.63, 3.8) is 0 Å². The first-order valence-electron chi connectivity index (χ1n) is 6.30. The Morgan fingerprint density at radius 2 is 1.74 bits per heavy atom. The van der Waals surface area contributed by atoms with Gasteiger partial charge in [-0.05, 0) is 45.3 Å². The van der Waals surface area contributed by atoms with Crippen LogP contribution in [0.5, 0.6) is 0 Å². The molecule has 0 unspecified atom stereocenters. The Morgan fingerprint density at radius 1 is 1.21 bits per heavy atom. The normalized spacial score (nSPS) is 21.7. The van der Waals surface area contributed by atoms with Crippen molar-refractivity contribution in [3.05, 3.63) is 29.8 Å². The van der Waals surface area contributed by atoms with E-state index in [1.807, 2.05) is 33.8 Å². The summed E-state index contributed by atoms with van der Waals surface area (Å²) in [6.45, 7) is 8.12. The van der Waals surface area contributed by atoms with Gasteiger partial charge in [-0.2, -0.15) is 12.6 Å². The molecule has 1 saturated heterocycles. The molecule has 0 aliphatic carbocycles. The van der Waals surface area contributed by atoms with Crippen LogP contribution in [0.3, 0.4) is 0 Å². The minimum atomic E-state index is -0.397. The monoisotopic (exact) mass is 278 g/mol. The number of nitrogens with zero attached hydrogens (tertiary/aromatic N) is 2. The van der Waals surface area contributed by atoms with Crippen LogP contribution in [-0.2, 0) is 9.31 Å². The highest BCUT2D eigenvalue weighted by atomic mass is 32.1. The van der Waals surface area contributed by atoms with Crippen molar-refractivity contribution < 1.29 is 9.31 Å². The number of rotatable bonds is 3. The van der Waals surface area contributed by atoms with E-state index in [-0.39, 0.29) is 11.2 Å². The molecule has 0 spiro atoms. The quantitative estimate of drug-likeness (QED) is 0.681. The van der Waals surface area contributed by atoms with Crippen LogP contribution < -0.4 is 0 Å². The highest BCUT2D eigenvalue weighted by molar-refractivity contribution is 7.80. The van der Waals surface area contributed by atoms with Crippen molar-refractivity contribution in [1.82, 2.24) is 9.97 Å². The average molecular weight is 278 g/mol. The van der Waals surface area contributed by atoms with Crippen LogP contribution in [0.1, 0.15) is 33.5 Å². The summed E-state index contributed by atoms with van der Waals surface area (Å²) >= 11 is 4.35. The summed E-state index contributed by atoms with van der Waals surface area (Å²) < 4.78 is 12.0. The molecule has 1 aromatic rings. The van der Waals surface area contributed by atoms with E-state index >= 15 is 0 Å². The number of thiol groups is 1. The van der Waals surface area contributed by atoms with Gasteiger partial charge in [0.05, 0.1) is 11.2 Å². The van der Waals surface area contributed by atoms with E-state index in [2.05, 4.69) is 22.6 Å².